The number of hydrogen-bond acceptors (Lipinski definition) is 7. The van der Waals surface area contributed by atoms with E-state index in [1.54, 1.807) is 11.3 Å². The van der Waals surface area contributed by atoms with Crippen molar-refractivity contribution in [3.63, 3.8) is 0 Å². The molecule has 8 nitrogen and oxygen atoms in total. The number of nitrogens with one attached hydrogen (secondary N) is 1. The lowest BCUT2D eigenvalue weighted by atomic mass is 10.1. The number of primary amides is 1. The molecule has 1 atom stereocenters. The minimum atomic E-state index is -0.0509. The van der Waals surface area contributed by atoms with E-state index in [1.807, 2.05) is 38.5 Å². The Kier molecular flexibility index (Phi) is 21.9. The minimum Gasteiger partial charge on any atom is -0.392 e. The van der Waals surface area contributed by atoms with Crippen LogP contribution in [0.15, 0.2) is 29.8 Å². The van der Waals surface area contributed by atoms with E-state index in [4.69, 9.17) is 9.90 Å². The second-order valence-corrected chi connectivity index (χ2v) is 8.97. The number of aryl methyl sites for hydroxylation is 1. The monoisotopic (exact) mass is 494 g/mol. The predicted molar refractivity (Wildman–Crippen MR) is 140 cm³/mol. The number of benzene rings is 1. The van der Waals surface area contributed by atoms with Gasteiger partial charge < -0.3 is 25.9 Å². The summed E-state index contributed by atoms with van der Waals surface area (Å²) in [5.74, 6) is 0.833. The van der Waals surface area contributed by atoms with E-state index in [2.05, 4.69) is 53.8 Å². The first-order valence-electron chi connectivity index (χ1n) is 11.3. The van der Waals surface area contributed by atoms with Crippen LogP contribution in [0, 0.1) is 12.8 Å². The molecule has 0 radical (unpaired) electrons. The van der Waals surface area contributed by atoms with E-state index in [0.717, 1.165) is 43.0 Å². The summed E-state index contributed by atoms with van der Waals surface area (Å²) in [4.78, 5) is 35.5. The van der Waals surface area contributed by atoms with Crippen molar-refractivity contribution >= 4 is 30.4 Å². The van der Waals surface area contributed by atoms with Gasteiger partial charge in [0.2, 0.25) is 12.8 Å². The zero-order chi connectivity index (χ0) is 26.4. The topological polar surface area (TPSA) is 126 Å². The highest BCUT2D eigenvalue weighted by Crippen LogP contribution is 2.27. The third-order valence-electron chi connectivity index (χ3n) is 3.88. The summed E-state index contributed by atoms with van der Waals surface area (Å²) in [6.07, 6.45) is 3.38. The molecule has 1 aliphatic heterocycles. The number of thiazole rings is 1. The standard InChI is InChI=1S/C12H12N2OS.C5H11NO.C4H10.C3H6O.CH3NO/c1-9-12(16-8-14-9)11-4-2-10(3-5-11)6-13-7-15;1-6-3-2-5(7)4-6;1-4(2)3;1-2-3-4;2-1-3/h2-5,7-8H,6H2,1H3,(H,13,15);5,7H,2-4H2,1H3;4H,1-3H3;3H,2H2,1H3;1H,(H2,2,3). The molecule has 1 aromatic carbocycles. The van der Waals surface area contributed by atoms with Crippen molar-refractivity contribution in [2.24, 2.45) is 11.7 Å². The van der Waals surface area contributed by atoms with Crippen LogP contribution in [0.4, 0.5) is 0 Å². The SMILES string of the molecule is CC(C)C.CCC=O.CN1CCC(O)C1.Cc1ncsc1-c1ccc(CNC=O)cc1.NC=O. The molecule has 4 N–H and O–H groups in total. The normalized spacial score (nSPS) is 13.9. The number of aliphatic hydroxyl groups excluding tert-OH is 1. The first kappa shape index (κ1) is 33.6. The van der Waals surface area contributed by atoms with Crippen LogP contribution in [-0.4, -0.2) is 60.3 Å². The molecule has 2 heterocycles. The van der Waals surface area contributed by atoms with Gasteiger partial charge in [-0.25, -0.2) is 4.98 Å². The molecule has 3 rings (SSSR count). The Hall–Kier alpha value is -2.62. The van der Waals surface area contributed by atoms with Gasteiger partial charge in [-0.1, -0.05) is 52.0 Å². The zero-order valence-corrected chi connectivity index (χ0v) is 22.2. The first-order valence-corrected chi connectivity index (χ1v) is 12.2. The highest BCUT2D eigenvalue weighted by atomic mass is 32.1. The molecule has 1 saturated heterocycles. The van der Waals surface area contributed by atoms with Crippen molar-refractivity contribution in [3.05, 3.63) is 41.0 Å². The van der Waals surface area contributed by atoms with Crippen LogP contribution in [0.2, 0.25) is 0 Å². The minimum absolute atomic E-state index is 0.0509. The Balaban J connectivity index is 0. The summed E-state index contributed by atoms with van der Waals surface area (Å²) < 4.78 is 0. The molecule has 9 heteroatoms. The van der Waals surface area contributed by atoms with Crippen molar-refractivity contribution in [3.8, 4) is 10.4 Å². The molecule has 34 heavy (non-hydrogen) atoms. The van der Waals surface area contributed by atoms with Gasteiger partial charge in [0.05, 0.1) is 22.2 Å². The second kappa shape index (κ2) is 22.2. The number of aromatic nitrogens is 1. The van der Waals surface area contributed by atoms with E-state index in [0.29, 0.717) is 19.4 Å². The second-order valence-electron chi connectivity index (χ2n) is 8.11. The van der Waals surface area contributed by atoms with Gasteiger partial charge in [0.25, 0.3) is 0 Å². The number of nitrogens with zero attached hydrogens (tertiary/aromatic N) is 2. The average Bonchev–Trinajstić information content (AvgIpc) is 3.40. The van der Waals surface area contributed by atoms with Crippen molar-refractivity contribution < 1.29 is 19.5 Å². The summed E-state index contributed by atoms with van der Waals surface area (Å²) in [7, 11) is 2.02. The molecular formula is C25H42N4O4S. The number of β-amino-alcohol motifs (C(OH)–C–C–N with tert-alkyl or cyclic N) is 1. The number of carbonyl (C=O) groups is 3. The van der Waals surface area contributed by atoms with E-state index >= 15 is 0 Å². The Bertz CT molecular complexity index is 756. The fourth-order valence-electron chi connectivity index (χ4n) is 2.42. The number of aldehydes is 1. The summed E-state index contributed by atoms with van der Waals surface area (Å²) in [5, 5.41) is 11.5. The van der Waals surface area contributed by atoms with E-state index in [1.165, 1.54) is 10.4 Å². The van der Waals surface area contributed by atoms with E-state index in [-0.39, 0.29) is 12.5 Å². The lowest BCUT2D eigenvalue weighted by molar-refractivity contribution is -0.110. The fraction of sp³-hybridized carbons (Fsp3) is 0.520. The van der Waals surface area contributed by atoms with E-state index in [9.17, 15) is 9.59 Å². The van der Waals surface area contributed by atoms with Crippen molar-refractivity contribution in [2.75, 3.05) is 20.1 Å². The fourth-order valence-corrected chi connectivity index (χ4v) is 3.24. The molecule has 0 bridgehead atoms. The van der Waals surface area contributed by atoms with Crippen molar-refractivity contribution in [2.45, 2.75) is 60.1 Å². The van der Waals surface area contributed by atoms with Crippen LogP contribution in [0.3, 0.4) is 0 Å². The molecule has 1 unspecified atom stereocenters. The van der Waals surface area contributed by atoms with Gasteiger partial charge in [-0.05, 0) is 37.4 Å². The largest absolute Gasteiger partial charge is 0.392 e. The number of likely N-dealkylation sites (tertiary alicyclic amines) is 1. The van der Waals surface area contributed by atoms with Gasteiger partial charge in [-0.2, -0.15) is 0 Å². The van der Waals surface area contributed by atoms with Crippen LogP contribution in [0.1, 0.15) is 51.8 Å². The Morgan fingerprint density at radius 1 is 1.24 bits per heavy atom. The molecule has 0 aliphatic carbocycles. The van der Waals surface area contributed by atoms with E-state index < -0.39 is 0 Å². The summed E-state index contributed by atoms with van der Waals surface area (Å²) in [6, 6.07) is 8.15. The molecule has 0 saturated carbocycles. The lowest BCUT2D eigenvalue weighted by Crippen LogP contribution is -2.15. The highest BCUT2D eigenvalue weighted by Gasteiger charge is 2.15. The molecule has 192 valence electrons. The Morgan fingerprint density at radius 2 is 1.76 bits per heavy atom. The lowest BCUT2D eigenvalue weighted by Gasteiger charge is -2.02. The number of amides is 2. The highest BCUT2D eigenvalue weighted by molar-refractivity contribution is 7.13. The van der Waals surface area contributed by atoms with Crippen molar-refractivity contribution in [1.29, 1.82) is 0 Å². The van der Waals surface area contributed by atoms with Crippen LogP contribution < -0.4 is 11.1 Å². The van der Waals surface area contributed by atoms with Crippen LogP contribution >= 0.6 is 11.3 Å². The third-order valence-corrected chi connectivity index (χ3v) is 4.86. The first-order chi connectivity index (χ1) is 16.2. The summed E-state index contributed by atoms with van der Waals surface area (Å²) in [6.45, 7) is 12.8. The number of nitrogens with two attached hydrogens (primary N) is 1. The maximum absolute atomic E-state index is 10.2. The average molecular weight is 495 g/mol. The molecule has 1 aromatic heterocycles. The third kappa shape index (κ3) is 18.9. The predicted octanol–water partition coefficient (Wildman–Crippen LogP) is 3.41. The Labute approximate surface area is 208 Å². The number of rotatable bonds is 5. The smallest absolute Gasteiger partial charge is 0.207 e. The van der Waals surface area contributed by atoms with Gasteiger partial charge in [0.1, 0.15) is 6.29 Å². The molecule has 0 spiro atoms. The maximum Gasteiger partial charge on any atom is 0.207 e. The molecule has 2 amide bonds. The molecule has 1 fully saturated rings. The van der Waals surface area contributed by atoms with Crippen LogP contribution in [-0.2, 0) is 20.9 Å². The zero-order valence-electron chi connectivity index (χ0n) is 21.4. The van der Waals surface area contributed by atoms with Gasteiger partial charge in [0, 0.05) is 26.1 Å². The van der Waals surface area contributed by atoms with Gasteiger partial charge in [-0.3, -0.25) is 9.59 Å². The summed E-state index contributed by atoms with van der Waals surface area (Å²) >= 11 is 1.64. The number of hydrogen-bond donors (Lipinski definition) is 3. The number of aliphatic hydroxyl groups is 1. The molecule has 1 aliphatic rings. The molecule has 2 aromatic rings. The van der Waals surface area contributed by atoms with Crippen LogP contribution in [0.25, 0.3) is 10.4 Å². The quantitative estimate of drug-likeness (QED) is 0.547. The van der Waals surface area contributed by atoms with Crippen molar-refractivity contribution in [1.82, 2.24) is 15.2 Å². The van der Waals surface area contributed by atoms with Gasteiger partial charge in [-0.15, -0.1) is 11.3 Å². The van der Waals surface area contributed by atoms with Crippen LogP contribution in [0.5, 0.6) is 0 Å². The molecular weight excluding hydrogens is 452 g/mol. The summed E-state index contributed by atoms with van der Waals surface area (Å²) in [5.41, 5.74) is 9.35. The van der Waals surface area contributed by atoms with Gasteiger partial charge >= 0.3 is 0 Å². The number of likely N-dealkylation sites (N-methyl/N-ethyl adjacent to an activating group) is 1. The van der Waals surface area contributed by atoms with Gasteiger partial charge in [0.15, 0.2) is 0 Å². The number of carbonyl (C=O) groups excluding carboxylic acids is 3. The maximum atomic E-state index is 10.2. The Morgan fingerprint density at radius 3 is 2.06 bits per heavy atom.